The van der Waals surface area contributed by atoms with Gasteiger partial charge in [-0.1, -0.05) is 17.3 Å². The molecule has 1 atom stereocenters. The van der Waals surface area contributed by atoms with Gasteiger partial charge in [0.1, 0.15) is 5.75 Å². The highest BCUT2D eigenvalue weighted by molar-refractivity contribution is 5.28. The topological polar surface area (TPSA) is 74.2 Å². The number of nitrogens with zero attached hydrogens (tertiary/aromatic N) is 2. The summed E-state index contributed by atoms with van der Waals surface area (Å²) < 4.78 is 9.81. The summed E-state index contributed by atoms with van der Waals surface area (Å²) in [5.74, 6) is 1.33. The Hall–Kier alpha value is -1.88. The molecule has 0 radical (unpaired) electrons. The summed E-state index contributed by atoms with van der Waals surface area (Å²) in [5, 5.41) is 3.78. The summed E-state index contributed by atoms with van der Waals surface area (Å²) in [4.78, 5) is 3.99. The molecule has 0 aliphatic carbocycles. The van der Waals surface area contributed by atoms with Crippen LogP contribution in [0.15, 0.2) is 35.2 Å². The Morgan fingerprint density at radius 2 is 2.06 bits per heavy atom. The van der Waals surface area contributed by atoms with Gasteiger partial charge in [0.2, 0.25) is 6.39 Å². The van der Waals surface area contributed by atoms with E-state index in [0.717, 1.165) is 11.3 Å². The van der Waals surface area contributed by atoms with E-state index in [-0.39, 0.29) is 0 Å². The number of hydrogen-bond acceptors (Lipinski definition) is 5. The highest BCUT2D eigenvalue weighted by Gasteiger charge is 2.26. The number of aromatic nitrogens is 2. The van der Waals surface area contributed by atoms with Crippen LogP contribution in [0.5, 0.6) is 5.75 Å². The minimum absolute atomic E-state index is 0.508. The van der Waals surface area contributed by atoms with Gasteiger partial charge in [-0.25, -0.2) is 0 Å². The number of hydrogen-bond donors (Lipinski definition) is 1. The van der Waals surface area contributed by atoms with Crippen LogP contribution in [0.1, 0.15) is 18.3 Å². The Morgan fingerprint density at radius 1 is 1.35 bits per heavy atom. The van der Waals surface area contributed by atoms with Gasteiger partial charge in [0.15, 0.2) is 5.82 Å². The predicted molar refractivity (Wildman–Crippen MR) is 62.5 cm³/mol. The lowest BCUT2D eigenvalue weighted by molar-refractivity contribution is 0.376. The smallest absolute Gasteiger partial charge is 0.213 e. The van der Waals surface area contributed by atoms with Crippen molar-refractivity contribution >= 4 is 0 Å². The third kappa shape index (κ3) is 2.62. The molecule has 2 N–H and O–H groups in total. The fraction of sp³-hybridized carbons (Fsp3) is 0.333. The van der Waals surface area contributed by atoms with E-state index in [1.807, 2.05) is 31.2 Å². The first-order valence-corrected chi connectivity index (χ1v) is 5.30. The van der Waals surface area contributed by atoms with Crippen molar-refractivity contribution in [1.29, 1.82) is 0 Å². The van der Waals surface area contributed by atoms with Crippen LogP contribution in [0.4, 0.5) is 0 Å². The van der Waals surface area contributed by atoms with Crippen molar-refractivity contribution in [3.63, 3.8) is 0 Å². The molecule has 1 unspecified atom stereocenters. The molecule has 1 heterocycles. The van der Waals surface area contributed by atoms with Crippen LogP contribution in [0, 0.1) is 0 Å². The molecule has 0 spiro atoms. The monoisotopic (exact) mass is 233 g/mol. The van der Waals surface area contributed by atoms with Crippen LogP contribution < -0.4 is 10.5 Å². The van der Waals surface area contributed by atoms with E-state index in [1.54, 1.807) is 7.11 Å². The van der Waals surface area contributed by atoms with E-state index >= 15 is 0 Å². The molecule has 0 aliphatic rings. The first kappa shape index (κ1) is 11.6. The molecule has 17 heavy (non-hydrogen) atoms. The van der Waals surface area contributed by atoms with Crippen molar-refractivity contribution in [2.75, 3.05) is 7.11 Å². The molecule has 2 rings (SSSR count). The van der Waals surface area contributed by atoms with Crippen molar-refractivity contribution in [3.8, 4) is 5.75 Å². The lowest BCUT2D eigenvalue weighted by atomic mass is 9.93. The SMILES string of the molecule is COc1ccc(CC(C)(N)c2ncon2)cc1. The first-order valence-electron chi connectivity index (χ1n) is 5.30. The van der Waals surface area contributed by atoms with Crippen LogP contribution in [0.2, 0.25) is 0 Å². The number of rotatable bonds is 4. The average molecular weight is 233 g/mol. The fourth-order valence-electron chi connectivity index (χ4n) is 1.67. The van der Waals surface area contributed by atoms with Crippen LogP contribution in [-0.2, 0) is 12.0 Å². The highest BCUT2D eigenvalue weighted by Crippen LogP contribution is 2.21. The molecule has 0 saturated carbocycles. The maximum atomic E-state index is 6.17. The largest absolute Gasteiger partial charge is 0.497 e. The van der Waals surface area contributed by atoms with Crippen molar-refractivity contribution in [3.05, 3.63) is 42.0 Å². The second-order valence-electron chi connectivity index (χ2n) is 4.20. The van der Waals surface area contributed by atoms with E-state index in [2.05, 4.69) is 10.1 Å². The van der Waals surface area contributed by atoms with Gasteiger partial charge in [0.05, 0.1) is 12.6 Å². The summed E-state index contributed by atoms with van der Waals surface area (Å²) in [5.41, 5.74) is 6.63. The van der Waals surface area contributed by atoms with Gasteiger partial charge in [-0.2, -0.15) is 4.98 Å². The minimum Gasteiger partial charge on any atom is -0.497 e. The molecule has 0 fully saturated rings. The van der Waals surface area contributed by atoms with Crippen LogP contribution in [0.3, 0.4) is 0 Å². The average Bonchev–Trinajstić information content (AvgIpc) is 2.84. The van der Waals surface area contributed by atoms with E-state index < -0.39 is 5.54 Å². The van der Waals surface area contributed by atoms with E-state index in [4.69, 9.17) is 15.0 Å². The summed E-state index contributed by atoms with van der Waals surface area (Å²) in [6.45, 7) is 1.88. The Labute approximate surface area is 99.6 Å². The van der Waals surface area contributed by atoms with Gasteiger partial charge in [-0.3, -0.25) is 0 Å². The summed E-state index contributed by atoms with van der Waals surface area (Å²) in [7, 11) is 1.64. The van der Waals surface area contributed by atoms with Crippen molar-refractivity contribution in [2.45, 2.75) is 18.9 Å². The second-order valence-corrected chi connectivity index (χ2v) is 4.20. The maximum absolute atomic E-state index is 6.17. The third-order valence-corrected chi connectivity index (χ3v) is 2.60. The van der Waals surface area contributed by atoms with Crippen LogP contribution in [-0.4, -0.2) is 17.3 Å². The number of ether oxygens (including phenoxy) is 1. The molecule has 0 saturated heterocycles. The van der Waals surface area contributed by atoms with Crippen molar-refractivity contribution in [1.82, 2.24) is 10.1 Å². The Kier molecular flexibility index (Phi) is 3.10. The molecule has 1 aromatic carbocycles. The number of benzene rings is 1. The molecule has 90 valence electrons. The normalized spacial score (nSPS) is 14.3. The minimum atomic E-state index is -0.637. The van der Waals surface area contributed by atoms with E-state index in [9.17, 15) is 0 Å². The second kappa shape index (κ2) is 4.55. The summed E-state index contributed by atoms with van der Waals surface area (Å²) in [6, 6.07) is 7.76. The molecule has 5 heteroatoms. The van der Waals surface area contributed by atoms with Gasteiger partial charge >= 0.3 is 0 Å². The maximum Gasteiger partial charge on any atom is 0.213 e. The Balaban J connectivity index is 2.14. The Bertz CT molecular complexity index is 463. The Morgan fingerprint density at radius 3 is 2.59 bits per heavy atom. The molecule has 0 bridgehead atoms. The molecule has 1 aromatic heterocycles. The molecule has 2 aromatic rings. The first-order chi connectivity index (χ1) is 8.12. The quantitative estimate of drug-likeness (QED) is 0.866. The zero-order valence-electron chi connectivity index (χ0n) is 9.88. The lowest BCUT2D eigenvalue weighted by Gasteiger charge is -2.20. The fourth-order valence-corrected chi connectivity index (χ4v) is 1.67. The summed E-state index contributed by atoms with van der Waals surface area (Å²) in [6.07, 6.45) is 1.92. The van der Waals surface area contributed by atoms with Crippen LogP contribution in [0.25, 0.3) is 0 Å². The van der Waals surface area contributed by atoms with Crippen LogP contribution >= 0.6 is 0 Å². The lowest BCUT2D eigenvalue weighted by Crippen LogP contribution is -2.36. The van der Waals surface area contributed by atoms with Gasteiger partial charge < -0.3 is 15.0 Å². The van der Waals surface area contributed by atoms with E-state index in [1.165, 1.54) is 6.39 Å². The zero-order valence-corrected chi connectivity index (χ0v) is 9.88. The highest BCUT2D eigenvalue weighted by atomic mass is 16.5. The standard InChI is InChI=1S/C12H15N3O2/c1-12(13,11-14-8-17-15-11)7-9-3-5-10(16-2)6-4-9/h3-6,8H,7,13H2,1-2H3. The van der Waals surface area contributed by atoms with E-state index in [0.29, 0.717) is 12.2 Å². The number of nitrogens with two attached hydrogens (primary N) is 1. The molecular formula is C12H15N3O2. The predicted octanol–water partition coefficient (Wildman–Crippen LogP) is 1.49. The zero-order chi connectivity index (χ0) is 12.3. The molecule has 5 nitrogen and oxygen atoms in total. The van der Waals surface area contributed by atoms with Gasteiger partial charge in [0.25, 0.3) is 0 Å². The molecule has 0 aliphatic heterocycles. The van der Waals surface area contributed by atoms with Gasteiger partial charge in [-0.05, 0) is 31.0 Å². The number of methoxy groups -OCH3 is 1. The van der Waals surface area contributed by atoms with Gasteiger partial charge in [0, 0.05) is 0 Å². The summed E-state index contributed by atoms with van der Waals surface area (Å²) >= 11 is 0. The third-order valence-electron chi connectivity index (χ3n) is 2.60. The van der Waals surface area contributed by atoms with Gasteiger partial charge in [-0.15, -0.1) is 0 Å². The van der Waals surface area contributed by atoms with Crippen molar-refractivity contribution in [2.24, 2.45) is 5.73 Å². The molecular weight excluding hydrogens is 218 g/mol. The molecule has 0 amide bonds. The van der Waals surface area contributed by atoms with Crippen molar-refractivity contribution < 1.29 is 9.26 Å².